The van der Waals surface area contributed by atoms with Crippen molar-refractivity contribution in [1.82, 2.24) is 14.7 Å². The summed E-state index contributed by atoms with van der Waals surface area (Å²) in [6.07, 6.45) is 4.36. The number of thiophene rings is 1. The van der Waals surface area contributed by atoms with Gasteiger partial charge in [-0.1, -0.05) is 6.07 Å². The SMILES string of the molecule is CC(C)(C)n1cc(CN2CCOCC2CC(O)c2cccs2)cn1. The van der Waals surface area contributed by atoms with Crippen molar-refractivity contribution in [3.8, 4) is 0 Å². The smallest absolute Gasteiger partial charge is 0.0897 e. The molecule has 0 saturated carbocycles. The number of morpholine rings is 1. The van der Waals surface area contributed by atoms with Crippen molar-refractivity contribution in [2.75, 3.05) is 19.8 Å². The maximum absolute atomic E-state index is 10.5. The molecule has 0 bridgehead atoms. The lowest BCUT2D eigenvalue weighted by atomic mass is 10.1. The summed E-state index contributed by atoms with van der Waals surface area (Å²) in [4.78, 5) is 3.44. The van der Waals surface area contributed by atoms with Gasteiger partial charge < -0.3 is 9.84 Å². The molecule has 2 atom stereocenters. The van der Waals surface area contributed by atoms with Crippen LogP contribution in [0.15, 0.2) is 29.9 Å². The Hall–Kier alpha value is -1.21. The molecule has 6 heteroatoms. The molecule has 3 heterocycles. The normalized spacial score (nSPS) is 21.1. The number of aromatic nitrogens is 2. The Morgan fingerprint density at radius 1 is 1.46 bits per heavy atom. The van der Waals surface area contributed by atoms with Crippen molar-refractivity contribution < 1.29 is 9.84 Å². The monoisotopic (exact) mass is 349 g/mol. The van der Waals surface area contributed by atoms with Crippen molar-refractivity contribution >= 4 is 11.3 Å². The van der Waals surface area contributed by atoms with Gasteiger partial charge in [0.1, 0.15) is 0 Å². The Labute approximate surface area is 147 Å². The van der Waals surface area contributed by atoms with Gasteiger partial charge in [-0.2, -0.15) is 5.10 Å². The Balaban J connectivity index is 1.65. The van der Waals surface area contributed by atoms with Crippen LogP contribution in [-0.4, -0.2) is 45.6 Å². The standard InChI is InChI=1S/C18H27N3O2S/c1-18(2,3)21-12-14(10-19-21)11-20-6-7-23-13-15(20)9-16(22)17-5-4-8-24-17/h4-5,8,10,12,15-16,22H,6-7,9,11,13H2,1-3H3. The first-order valence-electron chi connectivity index (χ1n) is 8.51. The van der Waals surface area contributed by atoms with E-state index in [0.29, 0.717) is 13.0 Å². The lowest BCUT2D eigenvalue weighted by Gasteiger charge is -2.36. The molecule has 2 aromatic rings. The first-order valence-corrected chi connectivity index (χ1v) is 9.39. The molecule has 3 rings (SSSR count). The molecule has 0 spiro atoms. The zero-order valence-electron chi connectivity index (χ0n) is 14.7. The topological polar surface area (TPSA) is 50.5 Å². The van der Waals surface area contributed by atoms with Gasteiger partial charge in [-0.3, -0.25) is 9.58 Å². The summed E-state index contributed by atoms with van der Waals surface area (Å²) in [7, 11) is 0. The van der Waals surface area contributed by atoms with Crippen LogP contribution in [0, 0.1) is 0 Å². The maximum Gasteiger partial charge on any atom is 0.0897 e. The van der Waals surface area contributed by atoms with Crippen LogP contribution in [0.2, 0.25) is 0 Å². The molecule has 0 amide bonds. The van der Waals surface area contributed by atoms with E-state index in [9.17, 15) is 5.11 Å². The molecule has 1 aliphatic heterocycles. The molecule has 1 saturated heterocycles. The average molecular weight is 350 g/mol. The fourth-order valence-corrected chi connectivity index (χ4v) is 3.74. The van der Waals surface area contributed by atoms with Crippen LogP contribution in [0.4, 0.5) is 0 Å². The molecule has 132 valence electrons. The summed E-state index contributed by atoms with van der Waals surface area (Å²) in [5.74, 6) is 0. The molecule has 1 aliphatic rings. The molecule has 5 nitrogen and oxygen atoms in total. The largest absolute Gasteiger partial charge is 0.388 e. The van der Waals surface area contributed by atoms with Gasteiger partial charge in [0.2, 0.25) is 0 Å². The van der Waals surface area contributed by atoms with Gasteiger partial charge in [-0.05, 0) is 38.6 Å². The van der Waals surface area contributed by atoms with Crippen LogP contribution in [-0.2, 0) is 16.8 Å². The first kappa shape index (κ1) is 17.6. The van der Waals surface area contributed by atoms with Crippen LogP contribution in [0.5, 0.6) is 0 Å². The second kappa shape index (κ2) is 7.35. The fraction of sp³-hybridized carbons (Fsp3) is 0.611. The number of nitrogens with zero attached hydrogens (tertiary/aromatic N) is 3. The number of aliphatic hydroxyl groups is 1. The zero-order valence-corrected chi connectivity index (χ0v) is 15.5. The van der Waals surface area contributed by atoms with Crippen LogP contribution in [0.1, 0.15) is 43.7 Å². The summed E-state index contributed by atoms with van der Waals surface area (Å²) in [5, 5.41) is 17.0. The van der Waals surface area contributed by atoms with Crippen LogP contribution in [0.3, 0.4) is 0 Å². The van der Waals surface area contributed by atoms with E-state index in [1.807, 2.05) is 28.4 Å². The minimum Gasteiger partial charge on any atom is -0.388 e. The molecular formula is C18H27N3O2S. The van der Waals surface area contributed by atoms with Crippen LogP contribution < -0.4 is 0 Å². The third kappa shape index (κ3) is 4.25. The Morgan fingerprint density at radius 3 is 2.96 bits per heavy atom. The van der Waals surface area contributed by atoms with E-state index in [1.54, 1.807) is 11.3 Å². The molecule has 1 N–H and O–H groups in total. The van der Waals surface area contributed by atoms with E-state index in [-0.39, 0.29) is 11.6 Å². The van der Waals surface area contributed by atoms with E-state index < -0.39 is 6.10 Å². The average Bonchev–Trinajstić information content (AvgIpc) is 3.19. The van der Waals surface area contributed by atoms with Gasteiger partial charge in [0.05, 0.1) is 31.1 Å². The fourth-order valence-electron chi connectivity index (χ4n) is 3.01. The highest BCUT2D eigenvalue weighted by Crippen LogP contribution is 2.26. The molecule has 0 aliphatic carbocycles. The number of aliphatic hydroxyl groups excluding tert-OH is 1. The minimum atomic E-state index is -0.420. The molecule has 0 radical (unpaired) electrons. The van der Waals surface area contributed by atoms with E-state index in [4.69, 9.17) is 4.74 Å². The van der Waals surface area contributed by atoms with Crippen molar-refractivity contribution in [3.63, 3.8) is 0 Å². The summed E-state index contributed by atoms with van der Waals surface area (Å²) >= 11 is 1.61. The number of hydrogen-bond acceptors (Lipinski definition) is 5. The summed E-state index contributed by atoms with van der Waals surface area (Å²) in [5.41, 5.74) is 1.21. The van der Waals surface area contributed by atoms with Crippen LogP contribution in [0.25, 0.3) is 0 Å². The predicted octanol–water partition coefficient (Wildman–Crippen LogP) is 3.02. The van der Waals surface area contributed by atoms with Gasteiger partial charge in [0.15, 0.2) is 0 Å². The Kier molecular flexibility index (Phi) is 5.39. The summed E-state index contributed by atoms with van der Waals surface area (Å²) in [6.45, 7) is 9.62. The minimum absolute atomic E-state index is 0.00196. The number of ether oxygens (including phenoxy) is 1. The molecule has 2 unspecified atom stereocenters. The van der Waals surface area contributed by atoms with Crippen molar-refractivity contribution in [2.45, 2.75) is 51.4 Å². The maximum atomic E-state index is 10.5. The van der Waals surface area contributed by atoms with Gasteiger partial charge >= 0.3 is 0 Å². The van der Waals surface area contributed by atoms with Crippen molar-refractivity contribution in [1.29, 1.82) is 0 Å². The molecule has 24 heavy (non-hydrogen) atoms. The molecule has 0 aromatic carbocycles. The summed E-state index contributed by atoms with van der Waals surface area (Å²) in [6, 6.07) is 4.21. The van der Waals surface area contributed by atoms with Gasteiger partial charge in [0.25, 0.3) is 0 Å². The van der Waals surface area contributed by atoms with E-state index in [2.05, 4.69) is 37.0 Å². The van der Waals surface area contributed by atoms with E-state index in [0.717, 1.165) is 24.6 Å². The first-order chi connectivity index (χ1) is 11.4. The third-order valence-electron chi connectivity index (χ3n) is 4.43. The molecular weight excluding hydrogens is 322 g/mol. The lowest BCUT2D eigenvalue weighted by Crippen LogP contribution is -2.45. The van der Waals surface area contributed by atoms with Gasteiger partial charge in [0, 0.05) is 35.8 Å². The predicted molar refractivity (Wildman–Crippen MR) is 96.1 cm³/mol. The quantitative estimate of drug-likeness (QED) is 0.901. The van der Waals surface area contributed by atoms with Crippen molar-refractivity contribution in [2.24, 2.45) is 0 Å². The third-order valence-corrected chi connectivity index (χ3v) is 5.40. The highest BCUT2D eigenvalue weighted by molar-refractivity contribution is 7.10. The van der Waals surface area contributed by atoms with Crippen molar-refractivity contribution in [3.05, 3.63) is 40.3 Å². The van der Waals surface area contributed by atoms with Gasteiger partial charge in [-0.25, -0.2) is 0 Å². The second-order valence-corrected chi connectivity index (χ2v) is 8.41. The van der Waals surface area contributed by atoms with Crippen LogP contribution >= 0.6 is 11.3 Å². The van der Waals surface area contributed by atoms with Gasteiger partial charge in [-0.15, -0.1) is 11.3 Å². The Bertz CT molecular complexity index is 633. The number of hydrogen-bond donors (Lipinski definition) is 1. The highest BCUT2D eigenvalue weighted by Gasteiger charge is 2.27. The Morgan fingerprint density at radius 2 is 2.29 bits per heavy atom. The second-order valence-electron chi connectivity index (χ2n) is 7.43. The molecule has 2 aromatic heterocycles. The van der Waals surface area contributed by atoms with E-state index >= 15 is 0 Å². The molecule has 1 fully saturated rings. The number of rotatable bonds is 5. The zero-order chi connectivity index (χ0) is 17.2. The summed E-state index contributed by atoms with van der Waals surface area (Å²) < 4.78 is 7.67. The lowest BCUT2D eigenvalue weighted by molar-refractivity contribution is -0.0296. The van der Waals surface area contributed by atoms with E-state index in [1.165, 1.54) is 5.56 Å². The highest BCUT2D eigenvalue weighted by atomic mass is 32.1.